The first-order valence-electron chi connectivity index (χ1n) is 9.81. The molecule has 0 unspecified atom stereocenters. The van der Waals surface area contributed by atoms with Crippen LogP contribution in [0.4, 0.5) is 10.5 Å². The van der Waals surface area contributed by atoms with Crippen LogP contribution in [-0.2, 0) is 4.74 Å². The fourth-order valence-corrected chi connectivity index (χ4v) is 3.77. The van der Waals surface area contributed by atoms with Crippen LogP contribution < -0.4 is 10.1 Å². The number of piperidine rings is 1. The van der Waals surface area contributed by atoms with Gasteiger partial charge in [0.15, 0.2) is 0 Å². The maximum Gasteiger partial charge on any atom is 0.321 e. The third-order valence-corrected chi connectivity index (χ3v) is 5.37. The number of carbonyl (C=O) groups is 1. The van der Waals surface area contributed by atoms with E-state index in [9.17, 15) is 9.90 Å². The number of β-amino-alcohol motifs (C(OH)–C–C–N with tert-alkyl or cyclic N) is 1. The summed E-state index contributed by atoms with van der Waals surface area (Å²) in [7, 11) is 1.62. The summed E-state index contributed by atoms with van der Waals surface area (Å²) in [6.45, 7) is 4.91. The molecule has 0 radical (unpaired) electrons. The zero-order valence-electron chi connectivity index (χ0n) is 16.2. The molecule has 0 bridgehead atoms. The average Bonchev–Trinajstić information content (AvgIpc) is 3.16. The minimum Gasteiger partial charge on any atom is -0.489 e. The first-order valence-corrected chi connectivity index (χ1v) is 9.81. The molecule has 3 rings (SSSR count). The Bertz CT molecular complexity index is 611. The molecule has 0 saturated carbocycles. The number of benzene rings is 1. The van der Waals surface area contributed by atoms with Crippen molar-refractivity contribution in [2.24, 2.45) is 0 Å². The van der Waals surface area contributed by atoms with Crippen molar-refractivity contribution in [3.05, 3.63) is 24.3 Å². The van der Waals surface area contributed by atoms with Crippen molar-refractivity contribution in [1.29, 1.82) is 0 Å². The number of hydrogen-bond donors (Lipinski definition) is 2. The lowest BCUT2D eigenvalue weighted by Gasteiger charge is -2.40. The predicted molar refractivity (Wildman–Crippen MR) is 104 cm³/mol. The standard InChI is InChI=1S/C20H31N3O4/c1-26-14-15-27-18-7-3-2-6-17(18)21-19(24)23-12-8-20(25,9-13-23)16-22-10-4-5-11-22/h2-3,6-7,25H,4-5,8-16H2,1H3,(H,21,24). The summed E-state index contributed by atoms with van der Waals surface area (Å²) in [6, 6.07) is 7.24. The Morgan fingerprint density at radius 1 is 1.15 bits per heavy atom. The Kier molecular flexibility index (Phi) is 6.93. The van der Waals surface area contributed by atoms with E-state index in [-0.39, 0.29) is 6.03 Å². The Morgan fingerprint density at radius 3 is 2.56 bits per heavy atom. The molecule has 0 spiro atoms. The maximum absolute atomic E-state index is 12.6. The quantitative estimate of drug-likeness (QED) is 0.713. The molecule has 0 aliphatic carbocycles. The number of carbonyl (C=O) groups excluding carboxylic acids is 1. The molecule has 7 heteroatoms. The first-order chi connectivity index (χ1) is 13.1. The number of hydrogen-bond acceptors (Lipinski definition) is 5. The molecule has 27 heavy (non-hydrogen) atoms. The fraction of sp³-hybridized carbons (Fsp3) is 0.650. The molecule has 2 fully saturated rings. The van der Waals surface area contributed by atoms with Crippen molar-refractivity contribution in [1.82, 2.24) is 9.80 Å². The number of nitrogens with one attached hydrogen (secondary N) is 1. The van der Waals surface area contributed by atoms with E-state index in [4.69, 9.17) is 9.47 Å². The van der Waals surface area contributed by atoms with E-state index in [1.807, 2.05) is 24.3 Å². The first kappa shape index (κ1) is 19.9. The topological polar surface area (TPSA) is 74.3 Å². The summed E-state index contributed by atoms with van der Waals surface area (Å²) in [5, 5.41) is 13.8. The molecule has 2 aliphatic heterocycles. The third-order valence-electron chi connectivity index (χ3n) is 5.37. The van der Waals surface area contributed by atoms with Gasteiger partial charge < -0.3 is 29.7 Å². The molecule has 2 heterocycles. The zero-order chi connectivity index (χ0) is 19.1. The Morgan fingerprint density at radius 2 is 1.85 bits per heavy atom. The van der Waals surface area contributed by atoms with Gasteiger partial charge in [0.2, 0.25) is 0 Å². The normalized spacial score (nSPS) is 19.9. The SMILES string of the molecule is COCCOc1ccccc1NC(=O)N1CCC(O)(CN2CCCC2)CC1. The molecule has 2 amide bonds. The summed E-state index contributed by atoms with van der Waals surface area (Å²) in [5.41, 5.74) is -0.0287. The van der Waals surface area contributed by atoms with Gasteiger partial charge in [-0.25, -0.2) is 4.79 Å². The maximum atomic E-state index is 12.6. The van der Waals surface area contributed by atoms with E-state index in [2.05, 4.69) is 10.2 Å². The number of methoxy groups -OCH3 is 1. The van der Waals surface area contributed by atoms with Crippen molar-refractivity contribution in [2.75, 3.05) is 58.4 Å². The van der Waals surface area contributed by atoms with Crippen molar-refractivity contribution >= 4 is 11.7 Å². The Labute approximate surface area is 161 Å². The third kappa shape index (κ3) is 5.57. The van der Waals surface area contributed by atoms with Gasteiger partial charge in [-0.2, -0.15) is 0 Å². The number of ether oxygens (including phenoxy) is 2. The van der Waals surface area contributed by atoms with Gasteiger partial charge in [-0.15, -0.1) is 0 Å². The van der Waals surface area contributed by atoms with Crippen LogP contribution in [0, 0.1) is 0 Å². The van der Waals surface area contributed by atoms with E-state index in [1.165, 1.54) is 12.8 Å². The van der Waals surface area contributed by atoms with Crippen molar-refractivity contribution in [3.63, 3.8) is 0 Å². The highest BCUT2D eigenvalue weighted by Gasteiger charge is 2.36. The van der Waals surface area contributed by atoms with Crippen LogP contribution in [0.1, 0.15) is 25.7 Å². The number of anilines is 1. The molecule has 7 nitrogen and oxygen atoms in total. The van der Waals surface area contributed by atoms with Crippen molar-refractivity contribution in [2.45, 2.75) is 31.3 Å². The Balaban J connectivity index is 1.51. The number of urea groups is 1. The molecular weight excluding hydrogens is 346 g/mol. The average molecular weight is 377 g/mol. The molecule has 2 N–H and O–H groups in total. The largest absolute Gasteiger partial charge is 0.489 e. The van der Waals surface area contributed by atoms with Gasteiger partial charge in [-0.05, 0) is 50.9 Å². The number of amides is 2. The second-order valence-corrected chi connectivity index (χ2v) is 7.46. The molecule has 2 aliphatic rings. The summed E-state index contributed by atoms with van der Waals surface area (Å²) < 4.78 is 10.7. The van der Waals surface area contributed by atoms with E-state index in [0.29, 0.717) is 50.6 Å². The predicted octanol–water partition coefficient (Wildman–Crippen LogP) is 2.17. The van der Waals surface area contributed by atoms with Crippen LogP contribution >= 0.6 is 0 Å². The van der Waals surface area contributed by atoms with Gasteiger partial charge >= 0.3 is 6.03 Å². The van der Waals surface area contributed by atoms with Crippen LogP contribution in [0.25, 0.3) is 0 Å². The highest BCUT2D eigenvalue weighted by molar-refractivity contribution is 5.91. The number of para-hydroxylation sites is 2. The monoisotopic (exact) mass is 377 g/mol. The lowest BCUT2D eigenvalue weighted by molar-refractivity contribution is -0.0331. The van der Waals surface area contributed by atoms with Gasteiger partial charge in [-0.3, -0.25) is 0 Å². The second-order valence-electron chi connectivity index (χ2n) is 7.46. The van der Waals surface area contributed by atoms with E-state index >= 15 is 0 Å². The molecule has 0 aromatic heterocycles. The summed E-state index contributed by atoms with van der Waals surface area (Å²) in [6.07, 6.45) is 3.67. The molecule has 1 aromatic rings. The minimum absolute atomic E-state index is 0.152. The molecular formula is C20H31N3O4. The number of aliphatic hydroxyl groups is 1. The molecule has 1 aromatic carbocycles. The molecule has 0 atom stereocenters. The smallest absolute Gasteiger partial charge is 0.321 e. The van der Waals surface area contributed by atoms with Crippen LogP contribution in [0.3, 0.4) is 0 Å². The number of nitrogens with zero attached hydrogens (tertiary/aromatic N) is 2. The molecule has 150 valence electrons. The van der Waals surface area contributed by atoms with Crippen LogP contribution in [0.2, 0.25) is 0 Å². The fourth-order valence-electron chi connectivity index (χ4n) is 3.77. The van der Waals surface area contributed by atoms with E-state index < -0.39 is 5.60 Å². The van der Waals surface area contributed by atoms with E-state index in [1.54, 1.807) is 12.0 Å². The lowest BCUT2D eigenvalue weighted by Crippen LogP contribution is -2.52. The highest BCUT2D eigenvalue weighted by Crippen LogP contribution is 2.27. The van der Waals surface area contributed by atoms with Gasteiger partial charge in [-0.1, -0.05) is 12.1 Å². The van der Waals surface area contributed by atoms with E-state index in [0.717, 1.165) is 19.6 Å². The van der Waals surface area contributed by atoms with Gasteiger partial charge in [0.05, 0.1) is 17.9 Å². The van der Waals surface area contributed by atoms with Gasteiger partial charge in [0, 0.05) is 26.7 Å². The number of rotatable bonds is 7. The zero-order valence-corrected chi connectivity index (χ0v) is 16.2. The Hall–Kier alpha value is -1.83. The van der Waals surface area contributed by atoms with Crippen molar-refractivity contribution in [3.8, 4) is 5.75 Å². The highest BCUT2D eigenvalue weighted by atomic mass is 16.5. The summed E-state index contributed by atoms with van der Waals surface area (Å²) in [5.74, 6) is 0.630. The number of likely N-dealkylation sites (tertiary alicyclic amines) is 2. The van der Waals surface area contributed by atoms with Gasteiger partial charge in [0.1, 0.15) is 12.4 Å². The summed E-state index contributed by atoms with van der Waals surface area (Å²) in [4.78, 5) is 16.8. The van der Waals surface area contributed by atoms with Gasteiger partial charge in [0.25, 0.3) is 0 Å². The molecule has 2 saturated heterocycles. The van der Waals surface area contributed by atoms with Crippen LogP contribution in [0.15, 0.2) is 24.3 Å². The van der Waals surface area contributed by atoms with Crippen LogP contribution in [-0.4, -0.2) is 79.6 Å². The second kappa shape index (κ2) is 9.39. The van der Waals surface area contributed by atoms with Crippen molar-refractivity contribution < 1.29 is 19.4 Å². The summed E-state index contributed by atoms with van der Waals surface area (Å²) >= 11 is 0. The van der Waals surface area contributed by atoms with Crippen LogP contribution in [0.5, 0.6) is 5.75 Å². The minimum atomic E-state index is -0.678. The lowest BCUT2D eigenvalue weighted by atomic mass is 9.91.